The fraction of sp³-hybridized carbons (Fsp3) is 0.474. The average molecular weight is 446 g/mol. The number of carbonyl (C=O) groups excluding carboxylic acids is 2. The molecule has 0 spiro atoms. The van der Waals surface area contributed by atoms with E-state index in [1.165, 1.54) is 24.7 Å². The lowest BCUT2D eigenvalue weighted by molar-refractivity contribution is -0.133. The highest BCUT2D eigenvalue weighted by Crippen LogP contribution is 2.41. The van der Waals surface area contributed by atoms with Crippen LogP contribution in [0.25, 0.3) is 0 Å². The van der Waals surface area contributed by atoms with Gasteiger partial charge >= 0.3 is 0 Å². The summed E-state index contributed by atoms with van der Waals surface area (Å²) in [5, 5.41) is 16.8. The number of halogens is 1. The fourth-order valence-corrected chi connectivity index (χ4v) is 3.11. The van der Waals surface area contributed by atoms with Gasteiger partial charge in [0, 0.05) is 32.8 Å². The van der Waals surface area contributed by atoms with Crippen molar-refractivity contribution in [1.82, 2.24) is 9.79 Å². The van der Waals surface area contributed by atoms with E-state index in [0.717, 1.165) is 11.9 Å². The van der Waals surface area contributed by atoms with Crippen molar-refractivity contribution in [3.63, 3.8) is 0 Å². The van der Waals surface area contributed by atoms with Crippen LogP contribution in [0.4, 0.5) is 5.69 Å². The number of aromatic hydroxyl groups is 1. The number of hydrogen-bond acceptors (Lipinski definition) is 9. The van der Waals surface area contributed by atoms with Crippen molar-refractivity contribution in [3.8, 4) is 5.75 Å². The van der Waals surface area contributed by atoms with Crippen LogP contribution in [-0.4, -0.2) is 54.6 Å². The number of nitrogens with one attached hydrogen (secondary N) is 2. The van der Waals surface area contributed by atoms with Crippen LogP contribution in [-0.2, 0) is 19.2 Å². The number of ether oxygens (including phenoxy) is 1. The van der Waals surface area contributed by atoms with Gasteiger partial charge in [-0.05, 0) is 37.4 Å². The molecule has 162 valence electrons. The number of carbonyl (C=O) groups is 2. The van der Waals surface area contributed by atoms with Crippen LogP contribution in [0, 0.1) is 0 Å². The van der Waals surface area contributed by atoms with E-state index in [4.69, 9.17) is 21.2 Å². The van der Waals surface area contributed by atoms with E-state index in [9.17, 15) is 14.7 Å². The summed E-state index contributed by atoms with van der Waals surface area (Å²) >= 11 is 7.26. The minimum absolute atomic E-state index is 0.0848. The maximum atomic E-state index is 12.3. The van der Waals surface area contributed by atoms with Crippen molar-refractivity contribution in [3.05, 3.63) is 29.1 Å². The number of hydrogen-bond donors (Lipinski definition) is 3. The first-order valence-corrected chi connectivity index (χ1v) is 10.2. The Bertz CT molecular complexity index is 745. The number of Topliss-reactive ketones (excluding diaryl/α,β-unsaturated/α-hetero) is 2. The summed E-state index contributed by atoms with van der Waals surface area (Å²) in [5.74, 6) is -1.39. The van der Waals surface area contributed by atoms with Gasteiger partial charge in [-0.1, -0.05) is 18.5 Å². The standard InChI is InChI=1S/C19H28ClN3O5S/c1-6-13(11-28-7-2)22-16(17(25)12(3)24)10-21-15-9-8-14(20)19(18(15)26)29-23(4)27-5/h8-10,13,21-22,26H,6-7,11H2,1-5H3. The van der Waals surface area contributed by atoms with Crippen LogP contribution in [0.1, 0.15) is 27.2 Å². The molecule has 0 aliphatic heterocycles. The number of allylic oxidation sites excluding steroid dienone is 1. The van der Waals surface area contributed by atoms with Crippen molar-refractivity contribution in [2.45, 2.75) is 38.1 Å². The summed E-state index contributed by atoms with van der Waals surface area (Å²) in [5.41, 5.74) is 0.400. The number of phenolic OH excluding ortho intramolecular Hbond substituents is 1. The Hall–Kier alpha value is -1.78. The Morgan fingerprint density at radius 3 is 2.62 bits per heavy atom. The Morgan fingerprint density at radius 2 is 2.07 bits per heavy atom. The maximum absolute atomic E-state index is 12.3. The second-order valence-corrected chi connectivity index (χ2v) is 7.50. The third-order valence-electron chi connectivity index (χ3n) is 3.87. The first kappa shape index (κ1) is 25.3. The van der Waals surface area contributed by atoms with Crippen molar-refractivity contribution in [2.75, 3.05) is 32.7 Å². The molecule has 0 aliphatic carbocycles. The van der Waals surface area contributed by atoms with Crippen molar-refractivity contribution < 1.29 is 24.3 Å². The first-order valence-electron chi connectivity index (χ1n) is 9.08. The molecule has 0 saturated heterocycles. The van der Waals surface area contributed by atoms with E-state index in [1.807, 2.05) is 13.8 Å². The molecule has 29 heavy (non-hydrogen) atoms. The van der Waals surface area contributed by atoms with E-state index >= 15 is 0 Å². The van der Waals surface area contributed by atoms with Crippen LogP contribution in [0.5, 0.6) is 5.75 Å². The molecule has 0 bridgehead atoms. The smallest absolute Gasteiger partial charge is 0.245 e. The molecule has 0 radical (unpaired) electrons. The van der Waals surface area contributed by atoms with Gasteiger partial charge in [0.15, 0.2) is 5.75 Å². The summed E-state index contributed by atoms with van der Waals surface area (Å²) in [6.45, 7) is 5.97. The Balaban J connectivity index is 3.13. The summed E-state index contributed by atoms with van der Waals surface area (Å²) in [6, 6.07) is 3.03. The number of ketones is 2. The molecular formula is C19H28ClN3O5S. The van der Waals surface area contributed by atoms with Crippen LogP contribution in [0.2, 0.25) is 5.02 Å². The number of anilines is 1. The van der Waals surface area contributed by atoms with Gasteiger partial charge in [-0.25, -0.2) is 0 Å². The molecule has 8 nitrogen and oxygen atoms in total. The van der Waals surface area contributed by atoms with Crippen LogP contribution in [0.15, 0.2) is 28.9 Å². The molecule has 0 aliphatic rings. The quantitative estimate of drug-likeness (QED) is 0.139. The van der Waals surface area contributed by atoms with E-state index in [2.05, 4.69) is 10.6 Å². The van der Waals surface area contributed by atoms with Gasteiger partial charge in [0.2, 0.25) is 11.6 Å². The normalized spacial score (nSPS) is 12.7. The van der Waals surface area contributed by atoms with Crippen molar-refractivity contribution >= 4 is 40.8 Å². The molecular weight excluding hydrogens is 418 g/mol. The number of rotatable bonds is 13. The fourth-order valence-electron chi connectivity index (χ4n) is 2.17. The maximum Gasteiger partial charge on any atom is 0.245 e. The Morgan fingerprint density at radius 1 is 1.38 bits per heavy atom. The van der Waals surface area contributed by atoms with Gasteiger partial charge in [-0.15, -0.1) is 4.47 Å². The van der Waals surface area contributed by atoms with Gasteiger partial charge in [-0.3, -0.25) is 14.4 Å². The summed E-state index contributed by atoms with van der Waals surface area (Å²) in [4.78, 5) is 29.3. The highest BCUT2D eigenvalue weighted by molar-refractivity contribution is 7.97. The third-order valence-corrected chi connectivity index (χ3v) is 5.30. The van der Waals surface area contributed by atoms with Gasteiger partial charge in [0.1, 0.15) is 5.70 Å². The largest absolute Gasteiger partial charge is 0.505 e. The minimum atomic E-state index is -0.672. The molecule has 1 aromatic rings. The van der Waals surface area contributed by atoms with Gasteiger partial charge in [0.05, 0.1) is 29.3 Å². The van der Waals surface area contributed by atoms with Crippen molar-refractivity contribution in [1.29, 1.82) is 0 Å². The zero-order valence-corrected chi connectivity index (χ0v) is 18.8. The second kappa shape index (κ2) is 12.7. The monoisotopic (exact) mass is 445 g/mol. The predicted octanol–water partition coefficient (Wildman–Crippen LogP) is 3.36. The van der Waals surface area contributed by atoms with Crippen LogP contribution >= 0.6 is 23.5 Å². The molecule has 0 aromatic heterocycles. The number of benzene rings is 1. The SMILES string of the molecule is CCOCC(CC)NC(=CNc1ccc(Cl)c(SN(C)OC)c1O)C(=O)C(C)=O. The highest BCUT2D eigenvalue weighted by atomic mass is 35.5. The van der Waals surface area contributed by atoms with E-state index in [-0.39, 0.29) is 17.5 Å². The average Bonchev–Trinajstić information content (AvgIpc) is 2.70. The van der Waals surface area contributed by atoms with Crippen molar-refractivity contribution in [2.24, 2.45) is 0 Å². The number of nitrogens with zero attached hydrogens (tertiary/aromatic N) is 1. The molecule has 0 heterocycles. The highest BCUT2D eigenvalue weighted by Gasteiger charge is 2.19. The van der Waals surface area contributed by atoms with Crippen LogP contribution < -0.4 is 10.6 Å². The summed E-state index contributed by atoms with van der Waals surface area (Å²) < 4.78 is 6.83. The molecule has 1 aromatic carbocycles. The summed E-state index contributed by atoms with van der Waals surface area (Å²) in [6.07, 6.45) is 2.05. The Labute approximate surface area is 180 Å². The molecule has 1 unspecified atom stereocenters. The molecule has 1 rings (SSSR count). The molecule has 1 atom stereocenters. The predicted molar refractivity (Wildman–Crippen MR) is 115 cm³/mol. The van der Waals surface area contributed by atoms with E-state index in [0.29, 0.717) is 35.2 Å². The minimum Gasteiger partial charge on any atom is -0.505 e. The topological polar surface area (TPSA) is 100 Å². The molecule has 10 heteroatoms. The number of phenols is 1. The third kappa shape index (κ3) is 7.87. The summed E-state index contributed by atoms with van der Waals surface area (Å²) in [7, 11) is 3.15. The van der Waals surface area contributed by atoms with E-state index < -0.39 is 11.6 Å². The molecule has 0 fully saturated rings. The van der Waals surface area contributed by atoms with Gasteiger partial charge in [0.25, 0.3) is 0 Å². The lowest BCUT2D eigenvalue weighted by Gasteiger charge is -2.20. The number of hydroxylamine groups is 1. The van der Waals surface area contributed by atoms with Gasteiger partial charge < -0.3 is 20.5 Å². The second-order valence-electron chi connectivity index (χ2n) is 5.98. The lowest BCUT2D eigenvalue weighted by Crippen LogP contribution is -2.37. The van der Waals surface area contributed by atoms with E-state index in [1.54, 1.807) is 19.2 Å². The Kier molecular flexibility index (Phi) is 11.1. The molecule has 3 N–H and O–H groups in total. The molecule has 0 amide bonds. The first-order chi connectivity index (χ1) is 13.7. The van der Waals surface area contributed by atoms with Gasteiger partial charge in [-0.2, -0.15) is 0 Å². The molecule has 0 saturated carbocycles. The van der Waals surface area contributed by atoms with Crippen LogP contribution in [0.3, 0.4) is 0 Å². The lowest BCUT2D eigenvalue weighted by atomic mass is 10.1. The zero-order valence-electron chi connectivity index (χ0n) is 17.2. The zero-order chi connectivity index (χ0) is 22.0.